The maximum atomic E-state index is 2.44. The molecule has 0 saturated carbocycles. The van der Waals surface area contributed by atoms with E-state index in [0.717, 1.165) is 4.46 Å². The Morgan fingerprint density at radius 2 is 2.17 bits per heavy atom. The molecular formula is C2H8B3I. The van der Waals surface area contributed by atoms with Crippen molar-refractivity contribution in [3.63, 3.8) is 0 Å². The van der Waals surface area contributed by atoms with E-state index in [-0.39, 0.29) is 0 Å². The zero-order valence-electron chi connectivity index (χ0n) is 4.37. The van der Waals surface area contributed by atoms with Gasteiger partial charge in [0.15, 0.2) is 4.46 Å². The molecule has 0 unspecified atom stereocenters. The van der Waals surface area contributed by atoms with Crippen LogP contribution in [0.4, 0.5) is 0 Å². The first-order chi connectivity index (χ1) is 2.77. The lowest BCUT2D eigenvalue weighted by Gasteiger charge is -1.84. The first-order valence-corrected chi connectivity index (χ1v) is 3.66. The van der Waals surface area contributed by atoms with Crippen LogP contribution in [0.2, 0.25) is 13.6 Å². The molecule has 0 aliphatic heterocycles. The third kappa shape index (κ3) is 4.92. The van der Waals surface area contributed by atoms with Crippen LogP contribution in [-0.4, -0.2) is 18.7 Å². The lowest BCUT2D eigenvalue weighted by molar-refractivity contribution is 2.34. The van der Waals surface area contributed by atoms with Crippen LogP contribution in [0.15, 0.2) is 0 Å². The van der Waals surface area contributed by atoms with Crippen molar-refractivity contribution in [2.45, 2.75) is 13.6 Å². The van der Waals surface area contributed by atoms with Crippen LogP contribution in [0.25, 0.3) is 0 Å². The average molecular weight is 191 g/mol. The van der Waals surface area contributed by atoms with E-state index in [0.29, 0.717) is 0 Å². The van der Waals surface area contributed by atoms with Crippen molar-refractivity contribution >= 4 is 41.1 Å². The second-order valence-electron chi connectivity index (χ2n) is 1.57. The summed E-state index contributed by atoms with van der Waals surface area (Å²) >= 11 is 2.44. The van der Waals surface area contributed by atoms with Crippen molar-refractivity contribution in [1.29, 1.82) is 0 Å². The van der Waals surface area contributed by atoms with E-state index in [2.05, 4.69) is 36.0 Å². The Morgan fingerprint density at radius 3 is 2.17 bits per heavy atom. The van der Waals surface area contributed by atoms with Crippen LogP contribution in [0.3, 0.4) is 0 Å². The average Bonchev–Trinajstić information content (AvgIpc) is 1.35. The highest BCUT2D eigenvalue weighted by molar-refractivity contribution is 14.1. The maximum Gasteiger partial charge on any atom is 0.170 e. The molecule has 0 aromatic rings. The van der Waals surface area contributed by atoms with Gasteiger partial charge < -0.3 is 0 Å². The van der Waals surface area contributed by atoms with Gasteiger partial charge in [-0.3, -0.25) is 0 Å². The highest BCUT2D eigenvalue weighted by atomic mass is 127. The first kappa shape index (κ1) is 6.92. The fraction of sp³-hybridized carbons (Fsp3) is 1.00. The van der Waals surface area contributed by atoms with Crippen LogP contribution < -0.4 is 0 Å². The summed E-state index contributed by atoms with van der Waals surface area (Å²) in [6.07, 6.45) is 0. The SMILES string of the molecule is CBBB(C)I. The van der Waals surface area contributed by atoms with E-state index in [9.17, 15) is 0 Å². The fourth-order valence-corrected chi connectivity index (χ4v) is 1.02. The minimum Gasteiger partial charge on any atom is -0.162 e. The zero-order chi connectivity index (χ0) is 4.99. The third-order valence-corrected chi connectivity index (χ3v) is 1.31. The molecule has 0 rings (SSSR count). The van der Waals surface area contributed by atoms with Crippen molar-refractivity contribution in [1.82, 2.24) is 0 Å². The molecule has 0 aliphatic rings. The maximum absolute atomic E-state index is 2.44. The highest BCUT2D eigenvalue weighted by Gasteiger charge is 1.97. The molecule has 0 fully saturated rings. The van der Waals surface area contributed by atoms with Crippen LogP contribution in [0.1, 0.15) is 0 Å². The molecule has 0 aliphatic carbocycles. The van der Waals surface area contributed by atoms with E-state index in [1.54, 1.807) is 0 Å². The summed E-state index contributed by atoms with van der Waals surface area (Å²) in [5, 5.41) is 0. The van der Waals surface area contributed by atoms with Gasteiger partial charge in [0.2, 0.25) is 0 Å². The Hall–Kier alpha value is 0.925. The van der Waals surface area contributed by atoms with Gasteiger partial charge >= 0.3 is 0 Å². The Kier molecular flexibility index (Phi) is 4.72. The zero-order valence-corrected chi connectivity index (χ0v) is 6.53. The fourth-order valence-electron chi connectivity index (χ4n) is 0.398. The van der Waals surface area contributed by atoms with Crippen LogP contribution in [0.5, 0.6) is 0 Å². The van der Waals surface area contributed by atoms with Gasteiger partial charge in [0.1, 0.15) is 0 Å². The summed E-state index contributed by atoms with van der Waals surface area (Å²) in [5.74, 6) is 0. The Balaban J connectivity index is 2.63. The summed E-state index contributed by atoms with van der Waals surface area (Å²) in [6, 6.07) is 0. The monoisotopic (exact) mass is 192 g/mol. The lowest BCUT2D eigenvalue weighted by Crippen LogP contribution is -2.13. The van der Waals surface area contributed by atoms with Crippen LogP contribution in [-0.2, 0) is 0 Å². The molecule has 4 heteroatoms. The lowest BCUT2D eigenvalue weighted by atomic mass is 9.21. The van der Waals surface area contributed by atoms with Gasteiger partial charge in [0, 0.05) is 0 Å². The number of hydrogen-bond acceptors (Lipinski definition) is 0. The van der Waals surface area contributed by atoms with Gasteiger partial charge in [-0.15, -0.1) is 0 Å². The van der Waals surface area contributed by atoms with Gasteiger partial charge in [-0.1, -0.05) is 13.6 Å². The highest BCUT2D eigenvalue weighted by Crippen LogP contribution is 1.86. The van der Waals surface area contributed by atoms with E-state index in [1.165, 1.54) is 14.2 Å². The van der Waals surface area contributed by atoms with Gasteiger partial charge in [0.05, 0.1) is 14.2 Å². The number of halogens is 1. The number of rotatable bonds is 2. The van der Waals surface area contributed by atoms with Crippen LogP contribution in [0, 0.1) is 0 Å². The molecule has 0 nitrogen and oxygen atoms in total. The first-order valence-electron chi connectivity index (χ1n) is 2.41. The normalized spacial score (nSPS) is 7.17. The van der Waals surface area contributed by atoms with E-state index in [4.69, 9.17) is 0 Å². The third-order valence-electron chi connectivity index (χ3n) is 0.686. The molecule has 0 saturated heterocycles. The van der Waals surface area contributed by atoms with Gasteiger partial charge in [-0.25, -0.2) is 0 Å². The molecule has 0 atom stereocenters. The van der Waals surface area contributed by atoms with Crippen molar-refractivity contribution in [2.75, 3.05) is 0 Å². The molecule has 32 valence electrons. The molecule has 0 radical (unpaired) electrons. The quantitative estimate of drug-likeness (QED) is 0.437. The van der Waals surface area contributed by atoms with Crippen LogP contribution >= 0.6 is 22.4 Å². The minimum absolute atomic E-state index is 0.868. The van der Waals surface area contributed by atoms with E-state index in [1.807, 2.05) is 0 Å². The summed E-state index contributed by atoms with van der Waals surface area (Å²) in [4.78, 5) is 0. The molecule has 6 heavy (non-hydrogen) atoms. The summed E-state index contributed by atoms with van der Waals surface area (Å²) in [6.45, 7) is 4.46. The standard InChI is InChI=1S/C2H8B3I/c1-3-4-5(2)6/h3-4H,1-2H3. The Labute approximate surface area is 54.9 Å². The molecule has 0 spiro atoms. The molecule has 0 aromatic carbocycles. The molecule has 0 amide bonds. The van der Waals surface area contributed by atoms with Crippen molar-refractivity contribution in [3.05, 3.63) is 0 Å². The van der Waals surface area contributed by atoms with Gasteiger partial charge in [0.25, 0.3) is 0 Å². The molecule has 0 bridgehead atoms. The van der Waals surface area contributed by atoms with Crippen molar-refractivity contribution < 1.29 is 0 Å². The minimum atomic E-state index is 0.868. The molecule has 0 aromatic heterocycles. The predicted molar refractivity (Wildman–Crippen MR) is 45.8 cm³/mol. The van der Waals surface area contributed by atoms with E-state index >= 15 is 0 Å². The predicted octanol–water partition coefficient (Wildman–Crippen LogP) is 0.375. The Morgan fingerprint density at radius 1 is 1.67 bits per heavy atom. The Bertz CT molecular complexity index is 30.0. The second kappa shape index (κ2) is 4.09. The summed E-state index contributed by atoms with van der Waals surface area (Å²) < 4.78 is 0.868. The van der Waals surface area contributed by atoms with Crippen molar-refractivity contribution in [2.24, 2.45) is 0 Å². The molecule has 0 N–H and O–H groups in total. The topological polar surface area (TPSA) is 0 Å². The smallest absolute Gasteiger partial charge is 0.162 e. The van der Waals surface area contributed by atoms with Gasteiger partial charge in [-0.05, 0) is 0 Å². The second-order valence-corrected chi connectivity index (χ2v) is 3.70. The van der Waals surface area contributed by atoms with Crippen molar-refractivity contribution in [3.8, 4) is 0 Å². The molecule has 0 heterocycles. The van der Waals surface area contributed by atoms with E-state index < -0.39 is 0 Å². The number of hydrogen-bond donors (Lipinski definition) is 0. The van der Waals surface area contributed by atoms with Gasteiger partial charge in [-0.2, -0.15) is 22.4 Å². The largest absolute Gasteiger partial charge is 0.170 e. The molecular weight excluding hydrogens is 183 g/mol. The summed E-state index contributed by atoms with van der Waals surface area (Å²) in [5.41, 5.74) is 0. The summed E-state index contributed by atoms with van der Waals surface area (Å²) in [7, 11) is 2.69.